The van der Waals surface area contributed by atoms with Crippen molar-refractivity contribution in [3.05, 3.63) is 64.4 Å². The first-order valence-corrected chi connectivity index (χ1v) is 13.3. The van der Waals surface area contributed by atoms with Gasteiger partial charge in [0, 0.05) is 68.8 Å². The van der Waals surface area contributed by atoms with Gasteiger partial charge in [0.15, 0.2) is 0 Å². The van der Waals surface area contributed by atoms with E-state index in [1.165, 1.54) is 47.8 Å². The maximum atomic E-state index is 6.26. The van der Waals surface area contributed by atoms with Crippen molar-refractivity contribution in [3.63, 3.8) is 0 Å². The standard InChI is InChI=1S/C28H40ClN5O2/c1-20-21(2)27(36-17-5-13-33(31)14-12-30)11-9-24(20)26-7-4-6-23-19-32(15-16-34(23)26)22-8-10-25(29)28(18-22)35-3/h8-12,14,18,23,26H,4-7,13,15-17,19,30-31H2,1-3H3/b14-12-. The third kappa shape index (κ3) is 5.85. The van der Waals surface area contributed by atoms with E-state index in [4.69, 9.17) is 32.7 Å². The second-order valence-corrected chi connectivity index (χ2v) is 10.2. The molecule has 2 saturated heterocycles. The Bertz CT molecular complexity index is 1060. The minimum Gasteiger partial charge on any atom is -0.495 e. The third-order valence-corrected chi connectivity index (χ3v) is 7.99. The molecule has 2 aromatic rings. The van der Waals surface area contributed by atoms with Gasteiger partial charge in [-0.25, -0.2) is 5.84 Å². The van der Waals surface area contributed by atoms with Crippen LogP contribution in [0.5, 0.6) is 11.5 Å². The van der Waals surface area contributed by atoms with Gasteiger partial charge >= 0.3 is 0 Å². The van der Waals surface area contributed by atoms with E-state index in [0.29, 0.717) is 30.3 Å². The first-order valence-electron chi connectivity index (χ1n) is 12.9. The molecular formula is C28H40ClN5O2. The number of halogens is 1. The Labute approximate surface area is 220 Å². The molecule has 8 heteroatoms. The van der Waals surface area contributed by atoms with Crippen LogP contribution in [0.3, 0.4) is 0 Å². The van der Waals surface area contributed by atoms with Crippen LogP contribution in [-0.2, 0) is 0 Å². The lowest BCUT2D eigenvalue weighted by atomic mass is 9.86. The number of hydrogen-bond donors (Lipinski definition) is 2. The molecule has 2 atom stereocenters. The van der Waals surface area contributed by atoms with E-state index < -0.39 is 0 Å². The second kappa shape index (κ2) is 12.1. The van der Waals surface area contributed by atoms with Crippen molar-refractivity contribution in [1.29, 1.82) is 0 Å². The van der Waals surface area contributed by atoms with E-state index in [0.717, 1.165) is 37.6 Å². The molecular weight excluding hydrogens is 474 g/mol. The van der Waals surface area contributed by atoms with Gasteiger partial charge in [0.2, 0.25) is 0 Å². The van der Waals surface area contributed by atoms with Crippen LogP contribution in [-0.4, -0.2) is 55.8 Å². The maximum Gasteiger partial charge on any atom is 0.139 e. The van der Waals surface area contributed by atoms with Gasteiger partial charge in [0.1, 0.15) is 11.5 Å². The topological polar surface area (TPSA) is 80.2 Å². The van der Waals surface area contributed by atoms with Gasteiger partial charge in [0.05, 0.1) is 18.7 Å². The SMILES string of the molecule is COc1cc(N2CCN3C(CCCC3c3ccc(OCCCN(N)/C=C\N)c(C)c3C)C2)ccc1Cl. The Morgan fingerprint density at radius 3 is 2.72 bits per heavy atom. The molecule has 0 radical (unpaired) electrons. The number of hydrogen-bond acceptors (Lipinski definition) is 7. The number of hydrazine groups is 1. The van der Waals surface area contributed by atoms with Crippen LogP contribution in [0.1, 0.15) is 48.4 Å². The lowest BCUT2D eigenvalue weighted by molar-refractivity contribution is 0.0712. The first kappa shape index (κ1) is 26.5. The zero-order chi connectivity index (χ0) is 25.7. The number of ether oxygens (including phenoxy) is 2. The smallest absolute Gasteiger partial charge is 0.139 e. The quantitative estimate of drug-likeness (QED) is 0.284. The highest BCUT2D eigenvalue weighted by Crippen LogP contribution is 2.40. The molecule has 4 N–H and O–H groups in total. The zero-order valence-corrected chi connectivity index (χ0v) is 22.5. The van der Waals surface area contributed by atoms with E-state index in [9.17, 15) is 0 Å². The highest BCUT2D eigenvalue weighted by atomic mass is 35.5. The molecule has 2 aliphatic heterocycles. The summed E-state index contributed by atoms with van der Waals surface area (Å²) in [5.41, 5.74) is 10.6. The molecule has 196 valence electrons. The summed E-state index contributed by atoms with van der Waals surface area (Å²) in [6, 6.07) is 11.5. The molecule has 0 amide bonds. The van der Waals surface area contributed by atoms with E-state index in [-0.39, 0.29) is 0 Å². The summed E-state index contributed by atoms with van der Waals surface area (Å²) in [7, 11) is 1.67. The van der Waals surface area contributed by atoms with Crippen molar-refractivity contribution in [2.24, 2.45) is 11.6 Å². The van der Waals surface area contributed by atoms with Gasteiger partial charge in [-0.2, -0.15) is 0 Å². The molecule has 0 aliphatic carbocycles. The highest BCUT2D eigenvalue weighted by molar-refractivity contribution is 6.32. The molecule has 2 fully saturated rings. The summed E-state index contributed by atoms with van der Waals surface area (Å²) in [6.45, 7) is 8.80. The van der Waals surface area contributed by atoms with Crippen LogP contribution < -0.4 is 25.9 Å². The van der Waals surface area contributed by atoms with Crippen molar-refractivity contribution in [2.75, 3.05) is 44.8 Å². The monoisotopic (exact) mass is 513 g/mol. The Morgan fingerprint density at radius 2 is 1.94 bits per heavy atom. The number of rotatable bonds is 9. The molecule has 0 aromatic heterocycles. The average molecular weight is 514 g/mol. The Hall–Kier alpha value is -2.61. The van der Waals surface area contributed by atoms with Crippen LogP contribution in [0.4, 0.5) is 5.69 Å². The number of anilines is 1. The number of methoxy groups -OCH3 is 1. The number of nitrogens with two attached hydrogens (primary N) is 2. The van der Waals surface area contributed by atoms with Crippen LogP contribution in [0.15, 0.2) is 42.7 Å². The van der Waals surface area contributed by atoms with E-state index in [1.807, 2.05) is 6.07 Å². The van der Waals surface area contributed by atoms with Gasteiger partial charge in [0.25, 0.3) is 0 Å². The molecule has 2 heterocycles. The molecule has 4 rings (SSSR count). The summed E-state index contributed by atoms with van der Waals surface area (Å²) in [5.74, 6) is 7.52. The van der Waals surface area contributed by atoms with E-state index in [1.54, 1.807) is 18.3 Å². The summed E-state index contributed by atoms with van der Waals surface area (Å²) in [4.78, 5) is 5.21. The summed E-state index contributed by atoms with van der Waals surface area (Å²) in [5, 5.41) is 2.23. The molecule has 36 heavy (non-hydrogen) atoms. The second-order valence-electron chi connectivity index (χ2n) is 9.79. The average Bonchev–Trinajstić information content (AvgIpc) is 2.89. The fourth-order valence-electron chi connectivity index (χ4n) is 5.61. The largest absolute Gasteiger partial charge is 0.495 e. The highest BCUT2D eigenvalue weighted by Gasteiger charge is 2.36. The lowest BCUT2D eigenvalue weighted by Crippen LogP contribution is -2.56. The fraction of sp³-hybridized carbons (Fsp3) is 0.500. The fourth-order valence-corrected chi connectivity index (χ4v) is 5.81. The Morgan fingerprint density at radius 1 is 1.11 bits per heavy atom. The summed E-state index contributed by atoms with van der Waals surface area (Å²) >= 11 is 6.26. The van der Waals surface area contributed by atoms with Gasteiger partial charge in [-0.15, -0.1) is 0 Å². The minimum absolute atomic E-state index is 0.451. The normalized spacial score (nSPS) is 20.4. The van der Waals surface area contributed by atoms with E-state index in [2.05, 4.69) is 47.9 Å². The van der Waals surface area contributed by atoms with Crippen molar-refractivity contribution >= 4 is 17.3 Å². The van der Waals surface area contributed by atoms with Crippen molar-refractivity contribution < 1.29 is 9.47 Å². The van der Waals surface area contributed by atoms with Crippen molar-refractivity contribution in [1.82, 2.24) is 9.91 Å². The summed E-state index contributed by atoms with van der Waals surface area (Å²) < 4.78 is 11.6. The predicted octanol–water partition coefficient (Wildman–Crippen LogP) is 4.76. The molecule has 0 spiro atoms. The minimum atomic E-state index is 0.451. The molecule has 0 bridgehead atoms. The maximum absolute atomic E-state index is 6.26. The molecule has 0 saturated carbocycles. The third-order valence-electron chi connectivity index (χ3n) is 7.68. The van der Waals surface area contributed by atoms with Crippen LogP contribution in [0, 0.1) is 13.8 Å². The van der Waals surface area contributed by atoms with Crippen LogP contribution >= 0.6 is 11.6 Å². The number of nitrogens with zero attached hydrogens (tertiary/aromatic N) is 3. The van der Waals surface area contributed by atoms with Gasteiger partial charge in [-0.05, 0) is 68.0 Å². The Kier molecular flexibility index (Phi) is 8.88. The number of piperazine rings is 1. The van der Waals surface area contributed by atoms with Gasteiger partial charge in [-0.3, -0.25) is 4.90 Å². The van der Waals surface area contributed by atoms with E-state index >= 15 is 0 Å². The van der Waals surface area contributed by atoms with Gasteiger partial charge in [-0.1, -0.05) is 17.7 Å². The van der Waals surface area contributed by atoms with Gasteiger partial charge < -0.3 is 25.1 Å². The van der Waals surface area contributed by atoms with Crippen LogP contribution in [0.25, 0.3) is 0 Å². The summed E-state index contributed by atoms with van der Waals surface area (Å²) in [6.07, 6.45) is 7.61. The van der Waals surface area contributed by atoms with Crippen LogP contribution in [0.2, 0.25) is 5.02 Å². The van der Waals surface area contributed by atoms with Crippen molar-refractivity contribution in [2.45, 2.75) is 51.6 Å². The first-order chi connectivity index (χ1) is 17.4. The number of piperidine rings is 1. The zero-order valence-electron chi connectivity index (χ0n) is 21.8. The van der Waals surface area contributed by atoms with Crippen molar-refractivity contribution in [3.8, 4) is 11.5 Å². The number of benzene rings is 2. The molecule has 2 aromatic carbocycles. The lowest BCUT2D eigenvalue weighted by Gasteiger charge is -2.49. The molecule has 7 nitrogen and oxygen atoms in total. The Balaban J connectivity index is 1.42. The predicted molar refractivity (Wildman–Crippen MR) is 148 cm³/mol. The number of fused-ring (bicyclic) bond motifs is 1. The molecule has 2 unspecified atom stereocenters. The molecule has 2 aliphatic rings.